The van der Waals surface area contributed by atoms with Crippen LogP contribution in [0.1, 0.15) is 33.1 Å². The minimum Gasteiger partial charge on any atom is -0.390 e. The Labute approximate surface area is 92.6 Å². The SMILES string of the molecule is CCC(CC)(OC)C(O)CCS(C)(=O)=O. The van der Waals surface area contributed by atoms with Gasteiger partial charge in [-0.3, -0.25) is 0 Å². The molecule has 0 spiro atoms. The summed E-state index contributed by atoms with van der Waals surface area (Å²) in [4.78, 5) is 0. The minimum atomic E-state index is -3.02. The van der Waals surface area contributed by atoms with E-state index in [1.54, 1.807) is 7.11 Å². The summed E-state index contributed by atoms with van der Waals surface area (Å²) in [7, 11) is -1.47. The first kappa shape index (κ1) is 14.9. The third-order valence-electron chi connectivity index (χ3n) is 2.97. The Balaban J connectivity index is 4.46. The van der Waals surface area contributed by atoms with Gasteiger partial charge in [0.05, 0.1) is 17.5 Å². The Hall–Kier alpha value is -0.130. The molecule has 5 heteroatoms. The standard InChI is InChI=1S/C10H22O4S/c1-5-10(6-2,14-3)9(11)7-8-15(4,12)13/h9,11H,5-8H2,1-4H3. The number of ether oxygens (including phenoxy) is 1. The van der Waals surface area contributed by atoms with Crippen LogP contribution >= 0.6 is 0 Å². The molecule has 1 atom stereocenters. The van der Waals surface area contributed by atoms with Gasteiger partial charge in [-0.1, -0.05) is 13.8 Å². The molecule has 15 heavy (non-hydrogen) atoms. The first-order chi connectivity index (χ1) is 6.81. The average molecular weight is 238 g/mol. The number of sulfone groups is 1. The highest BCUT2D eigenvalue weighted by Gasteiger charge is 2.34. The summed E-state index contributed by atoms with van der Waals surface area (Å²) in [5.41, 5.74) is -0.606. The number of rotatable bonds is 7. The monoisotopic (exact) mass is 238 g/mol. The molecule has 0 rings (SSSR count). The highest BCUT2D eigenvalue weighted by Crippen LogP contribution is 2.26. The third-order valence-corrected chi connectivity index (χ3v) is 3.95. The Bertz CT molecular complexity index is 259. The first-order valence-corrected chi connectivity index (χ1v) is 7.28. The summed E-state index contributed by atoms with van der Waals surface area (Å²) in [5.74, 6) is -0.000718. The molecule has 1 unspecified atom stereocenters. The molecule has 0 aliphatic carbocycles. The molecule has 4 nitrogen and oxygen atoms in total. The topological polar surface area (TPSA) is 63.6 Å². The van der Waals surface area contributed by atoms with E-state index in [0.717, 1.165) is 0 Å². The van der Waals surface area contributed by atoms with Gasteiger partial charge in [0.2, 0.25) is 0 Å². The molecule has 0 aromatic rings. The van der Waals surface area contributed by atoms with E-state index >= 15 is 0 Å². The van der Waals surface area contributed by atoms with Gasteiger partial charge in [-0.2, -0.15) is 0 Å². The molecule has 92 valence electrons. The van der Waals surface area contributed by atoms with Gasteiger partial charge in [0, 0.05) is 13.4 Å². The van der Waals surface area contributed by atoms with Gasteiger partial charge in [0.25, 0.3) is 0 Å². The van der Waals surface area contributed by atoms with E-state index in [1.807, 2.05) is 13.8 Å². The van der Waals surface area contributed by atoms with Crippen LogP contribution in [-0.2, 0) is 14.6 Å². The molecule has 0 heterocycles. The molecule has 0 saturated heterocycles. The van der Waals surface area contributed by atoms with E-state index in [1.165, 1.54) is 6.26 Å². The lowest BCUT2D eigenvalue weighted by Gasteiger charge is -2.35. The Morgan fingerprint density at radius 3 is 2.07 bits per heavy atom. The van der Waals surface area contributed by atoms with Gasteiger partial charge >= 0.3 is 0 Å². The van der Waals surface area contributed by atoms with Gasteiger partial charge < -0.3 is 9.84 Å². The van der Waals surface area contributed by atoms with Crippen LogP contribution in [0.5, 0.6) is 0 Å². The van der Waals surface area contributed by atoms with Crippen LogP contribution in [0.15, 0.2) is 0 Å². The third kappa shape index (κ3) is 4.49. The lowest BCUT2D eigenvalue weighted by atomic mass is 9.89. The van der Waals surface area contributed by atoms with Crippen LogP contribution in [0.4, 0.5) is 0 Å². The molecule has 0 radical (unpaired) electrons. The maximum Gasteiger partial charge on any atom is 0.147 e. The van der Waals surface area contributed by atoms with E-state index < -0.39 is 21.5 Å². The molecular weight excluding hydrogens is 216 g/mol. The lowest BCUT2D eigenvalue weighted by Crippen LogP contribution is -2.44. The first-order valence-electron chi connectivity index (χ1n) is 5.22. The van der Waals surface area contributed by atoms with E-state index in [2.05, 4.69) is 0 Å². The van der Waals surface area contributed by atoms with Crippen molar-refractivity contribution in [3.05, 3.63) is 0 Å². The van der Waals surface area contributed by atoms with Gasteiger partial charge in [-0.15, -0.1) is 0 Å². The Kier molecular flexibility index (Phi) is 5.77. The van der Waals surface area contributed by atoms with E-state index in [4.69, 9.17) is 4.74 Å². The van der Waals surface area contributed by atoms with Crippen molar-refractivity contribution < 1.29 is 18.3 Å². The largest absolute Gasteiger partial charge is 0.390 e. The fraction of sp³-hybridized carbons (Fsp3) is 1.00. The van der Waals surface area contributed by atoms with Crippen molar-refractivity contribution in [2.75, 3.05) is 19.1 Å². The fourth-order valence-corrected chi connectivity index (χ4v) is 2.39. The number of aliphatic hydroxyl groups is 1. The van der Waals surface area contributed by atoms with Gasteiger partial charge in [0.15, 0.2) is 0 Å². The van der Waals surface area contributed by atoms with Crippen LogP contribution in [-0.4, -0.2) is 44.3 Å². The number of hydrogen-bond donors (Lipinski definition) is 1. The van der Waals surface area contributed by atoms with E-state index in [-0.39, 0.29) is 12.2 Å². The van der Waals surface area contributed by atoms with Crippen LogP contribution < -0.4 is 0 Å². The summed E-state index contributed by atoms with van der Waals surface area (Å²) >= 11 is 0. The molecule has 0 bridgehead atoms. The van der Waals surface area contributed by atoms with Crippen molar-refractivity contribution in [1.82, 2.24) is 0 Å². The molecule has 0 aliphatic heterocycles. The second kappa shape index (κ2) is 5.82. The summed E-state index contributed by atoms with van der Waals surface area (Å²) in [6.07, 6.45) is 2.02. The van der Waals surface area contributed by atoms with Crippen molar-refractivity contribution in [2.24, 2.45) is 0 Å². The normalized spacial score (nSPS) is 15.3. The van der Waals surface area contributed by atoms with Gasteiger partial charge in [-0.05, 0) is 19.3 Å². The van der Waals surface area contributed by atoms with Gasteiger partial charge in [0.1, 0.15) is 9.84 Å². The minimum absolute atomic E-state index is 0.000718. The van der Waals surface area contributed by atoms with Gasteiger partial charge in [-0.25, -0.2) is 8.42 Å². The van der Waals surface area contributed by atoms with Crippen LogP contribution in [0.3, 0.4) is 0 Å². The molecule has 0 aliphatic rings. The highest BCUT2D eigenvalue weighted by molar-refractivity contribution is 7.90. The van der Waals surface area contributed by atoms with Crippen molar-refractivity contribution in [3.63, 3.8) is 0 Å². The van der Waals surface area contributed by atoms with Crippen molar-refractivity contribution >= 4 is 9.84 Å². The predicted molar refractivity (Wildman–Crippen MR) is 60.7 cm³/mol. The lowest BCUT2D eigenvalue weighted by molar-refractivity contribution is -0.107. The van der Waals surface area contributed by atoms with E-state index in [0.29, 0.717) is 12.8 Å². The molecular formula is C10H22O4S. The van der Waals surface area contributed by atoms with Crippen molar-refractivity contribution in [1.29, 1.82) is 0 Å². The summed E-state index contributed by atoms with van der Waals surface area (Å²) in [5, 5.41) is 9.93. The Morgan fingerprint density at radius 2 is 1.80 bits per heavy atom. The van der Waals surface area contributed by atoms with Crippen LogP contribution in [0, 0.1) is 0 Å². The summed E-state index contributed by atoms with van der Waals surface area (Å²) in [6.45, 7) is 3.85. The second-order valence-electron chi connectivity index (χ2n) is 3.91. The molecule has 0 amide bonds. The zero-order valence-electron chi connectivity index (χ0n) is 9.99. The van der Waals surface area contributed by atoms with Crippen LogP contribution in [0.25, 0.3) is 0 Å². The molecule has 0 fully saturated rings. The summed E-state index contributed by atoms with van der Waals surface area (Å²) in [6, 6.07) is 0. The highest BCUT2D eigenvalue weighted by atomic mass is 32.2. The summed E-state index contributed by atoms with van der Waals surface area (Å²) < 4.78 is 27.3. The fourth-order valence-electron chi connectivity index (χ4n) is 1.73. The van der Waals surface area contributed by atoms with Crippen molar-refractivity contribution in [3.8, 4) is 0 Å². The Morgan fingerprint density at radius 1 is 1.33 bits per heavy atom. The van der Waals surface area contributed by atoms with E-state index in [9.17, 15) is 13.5 Å². The van der Waals surface area contributed by atoms with Crippen molar-refractivity contribution in [2.45, 2.75) is 44.8 Å². The maximum absolute atomic E-state index is 11.0. The smallest absolute Gasteiger partial charge is 0.147 e. The molecule has 1 N–H and O–H groups in total. The number of methoxy groups -OCH3 is 1. The molecule has 0 aromatic carbocycles. The zero-order chi connectivity index (χ0) is 12.1. The molecule has 0 saturated carbocycles. The maximum atomic E-state index is 11.0. The number of hydrogen-bond acceptors (Lipinski definition) is 4. The second-order valence-corrected chi connectivity index (χ2v) is 6.17. The molecule has 0 aromatic heterocycles. The predicted octanol–water partition coefficient (Wildman–Crippen LogP) is 0.987. The van der Waals surface area contributed by atoms with Crippen LogP contribution in [0.2, 0.25) is 0 Å². The quantitative estimate of drug-likeness (QED) is 0.718. The number of aliphatic hydroxyl groups excluding tert-OH is 1. The zero-order valence-corrected chi connectivity index (χ0v) is 10.8. The average Bonchev–Trinajstić information content (AvgIpc) is 2.17.